The second kappa shape index (κ2) is 4.03. The van der Waals surface area contributed by atoms with Gasteiger partial charge in [0.15, 0.2) is 0 Å². The summed E-state index contributed by atoms with van der Waals surface area (Å²) < 4.78 is 1.52. The van der Waals surface area contributed by atoms with Crippen LogP contribution in [0.2, 0.25) is 0 Å². The van der Waals surface area contributed by atoms with Crippen LogP contribution < -0.4 is 5.32 Å². The topological polar surface area (TPSA) is 12.0 Å². The third-order valence-electron chi connectivity index (χ3n) is 2.36. The number of thioether (sulfide) groups is 1. The predicted octanol–water partition coefficient (Wildman–Crippen LogP) is 3.28. The molecule has 1 aliphatic heterocycles. The van der Waals surface area contributed by atoms with Crippen molar-refractivity contribution in [3.8, 4) is 0 Å². The average Bonchev–Trinajstić information content (AvgIpc) is 2.52. The fourth-order valence-corrected chi connectivity index (χ4v) is 4.36. The molecule has 1 aliphatic rings. The average molecular weight is 213 g/mol. The Labute approximate surface area is 87.9 Å². The predicted molar refractivity (Wildman–Crippen MR) is 60.7 cm³/mol. The Morgan fingerprint density at radius 1 is 1.62 bits per heavy atom. The zero-order valence-electron chi connectivity index (χ0n) is 8.04. The van der Waals surface area contributed by atoms with Gasteiger partial charge in [0.1, 0.15) is 0 Å². The summed E-state index contributed by atoms with van der Waals surface area (Å²) in [7, 11) is 0. The maximum Gasteiger partial charge on any atom is 0.0649 e. The molecule has 0 amide bonds. The Balaban J connectivity index is 2.22. The van der Waals surface area contributed by atoms with Crippen LogP contribution in [0.15, 0.2) is 15.7 Å². The van der Waals surface area contributed by atoms with Crippen molar-refractivity contribution >= 4 is 23.1 Å². The normalized spacial score (nSPS) is 27.2. The van der Waals surface area contributed by atoms with E-state index in [1.165, 1.54) is 16.2 Å². The fourth-order valence-electron chi connectivity index (χ4n) is 1.79. The van der Waals surface area contributed by atoms with Crippen molar-refractivity contribution < 1.29 is 0 Å². The van der Waals surface area contributed by atoms with Crippen LogP contribution in [0.25, 0.3) is 0 Å². The molecular formula is C10H15NS2. The Morgan fingerprint density at radius 3 is 3.23 bits per heavy atom. The largest absolute Gasteiger partial charge is 0.310 e. The van der Waals surface area contributed by atoms with Crippen molar-refractivity contribution in [3.05, 3.63) is 17.0 Å². The molecule has 2 rings (SSSR count). The van der Waals surface area contributed by atoms with Crippen LogP contribution in [0.4, 0.5) is 0 Å². The van der Waals surface area contributed by atoms with E-state index in [0.29, 0.717) is 6.04 Å². The fraction of sp³-hybridized carbons (Fsp3) is 0.600. The van der Waals surface area contributed by atoms with E-state index in [9.17, 15) is 0 Å². The van der Waals surface area contributed by atoms with Gasteiger partial charge in [-0.3, -0.25) is 0 Å². The lowest BCUT2D eigenvalue weighted by molar-refractivity contribution is 0.503. The van der Waals surface area contributed by atoms with Gasteiger partial charge in [0, 0.05) is 11.3 Å². The summed E-state index contributed by atoms with van der Waals surface area (Å²) in [6.07, 6.45) is 1.27. The zero-order chi connectivity index (χ0) is 9.26. The highest BCUT2D eigenvalue weighted by molar-refractivity contribution is 8.01. The molecule has 0 saturated heterocycles. The molecule has 0 fully saturated rings. The maximum atomic E-state index is 3.55. The summed E-state index contributed by atoms with van der Waals surface area (Å²) >= 11 is 3.91. The number of hydrogen-bond donors (Lipinski definition) is 1. The van der Waals surface area contributed by atoms with Crippen LogP contribution in [-0.4, -0.2) is 11.8 Å². The lowest BCUT2D eigenvalue weighted by Gasteiger charge is -2.27. The van der Waals surface area contributed by atoms with E-state index in [1.807, 2.05) is 23.1 Å². The molecule has 1 N–H and O–H groups in total. The molecule has 0 bridgehead atoms. The van der Waals surface area contributed by atoms with Gasteiger partial charge in [0.05, 0.1) is 4.21 Å². The Morgan fingerprint density at radius 2 is 2.46 bits per heavy atom. The molecule has 0 unspecified atom stereocenters. The summed E-state index contributed by atoms with van der Waals surface area (Å²) in [5, 5.41) is 6.52. The third-order valence-corrected chi connectivity index (χ3v) is 4.70. The molecule has 1 nitrogen and oxygen atoms in total. The number of fused-ring (bicyclic) bond motifs is 1. The molecule has 2 atom stereocenters. The van der Waals surface area contributed by atoms with E-state index >= 15 is 0 Å². The molecule has 72 valence electrons. The monoisotopic (exact) mass is 213 g/mol. The smallest absolute Gasteiger partial charge is 0.0649 e. The molecule has 0 aliphatic carbocycles. The third kappa shape index (κ3) is 1.92. The van der Waals surface area contributed by atoms with Gasteiger partial charge in [0.2, 0.25) is 0 Å². The van der Waals surface area contributed by atoms with Gasteiger partial charge in [-0.05, 0) is 30.0 Å². The molecule has 0 saturated carbocycles. The second-order valence-corrected chi connectivity index (χ2v) is 6.06. The van der Waals surface area contributed by atoms with Gasteiger partial charge in [-0.15, -0.1) is 23.1 Å². The molecule has 1 aromatic heterocycles. The highest BCUT2D eigenvalue weighted by Gasteiger charge is 2.25. The standard InChI is InChI=1S/C10H15NS2/c1-3-11-9-6-7(2)13-10-8(9)4-5-12-10/h4-5,7,9,11H,3,6H2,1-2H3/t7-,9+/m0/s1. The SMILES string of the molecule is CCN[C@@H]1C[C@H](C)Sc2sccc21. The minimum Gasteiger partial charge on any atom is -0.310 e. The summed E-state index contributed by atoms with van der Waals surface area (Å²) in [5.41, 5.74) is 1.52. The van der Waals surface area contributed by atoms with Gasteiger partial charge in [0.25, 0.3) is 0 Å². The van der Waals surface area contributed by atoms with Crippen molar-refractivity contribution in [2.75, 3.05) is 6.54 Å². The Bertz CT molecular complexity index is 282. The van der Waals surface area contributed by atoms with Crippen LogP contribution >= 0.6 is 23.1 Å². The van der Waals surface area contributed by atoms with Gasteiger partial charge in [-0.1, -0.05) is 13.8 Å². The van der Waals surface area contributed by atoms with E-state index in [1.54, 1.807) is 0 Å². The summed E-state index contributed by atoms with van der Waals surface area (Å²) in [4.78, 5) is 0. The first-order valence-corrected chi connectivity index (χ1v) is 6.54. The number of nitrogens with one attached hydrogen (secondary N) is 1. The van der Waals surface area contributed by atoms with E-state index in [4.69, 9.17) is 0 Å². The molecule has 2 heterocycles. The second-order valence-electron chi connectivity index (χ2n) is 3.44. The molecule has 3 heteroatoms. The highest BCUT2D eigenvalue weighted by Crippen LogP contribution is 2.43. The van der Waals surface area contributed by atoms with Crippen molar-refractivity contribution in [3.63, 3.8) is 0 Å². The van der Waals surface area contributed by atoms with Crippen molar-refractivity contribution in [2.45, 2.75) is 35.8 Å². The molecular weight excluding hydrogens is 198 g/mol. The van der Waals surface area contributed by atoms with E-state index in [0.717, 1.165) is 11.8 Å². The summed E-state index contributed by atoms with van der Waals surface area (Å²) in [6.45, 7) is 5.56. The first kappa shape index (κ1) is 9.56. The van der Waals surface area contributed by atoms with E-state index < -0.39 is 0 Å². The van der Waals surface area contributed by atoms with Gasteiger partial charge >= 0.3 is 0 Å². The maximum absolute atomic E-state index is 3.55. The van der Waals surface area contributed by atoms with Crippen LogP contribution in [0.3, 0.4) is 0 Å². The minimum absolute atomic E-state index is 0.600. The molecule has 0 radical (unpaired) electrons. The van der Waals surface area contributed by atoms with E-state index in [2.05, 4.69) is 30.6 Å². The summed E-state index contributed by atoms with van der Waals surface area (Å²) in [5.74, 6) is 0. The quantitative estimate of drug-likeness (QED) is 0.809. The number of hydrogen-bond acceptors (Lipinski definition) is 3. The van der Waals surface area contributed by atoms with Crippen molar-refractivity contribution in [1.82, 2.24) is 5.32 Å². The van der Waals surface area contributed by atoms with Crippen LogP contribution in [0, 0.1) is 0 Å². The molecule has 0 aromatic carbocycles. The van der Waals surface area contributed by atoms with Crippen LogP contribution in [-0.2, 0) is 0 Å². The molecule has 13 heavy (non-hydrogen) atoms. The van der Waals surface area contributed by atoms with Crippen molar-refractivity contribution in [2.24, 2.45) is 0 Å². The lowest BCUT2D eigenvalue weighted by atomic mass is 10.1. The van der Waals surface area contributed by atoms with Crippen LogP contribution in [0.5, 0.6) is 0 Å². The molecule has 0 spiro atoms. The van der Waals surface area contributed by atoms with Gasteiger partial charge < -0.3 is 5.32 Å². The Hall–Kier alpha value is 0.0100. The highest BCUT2D eigenvalue weighted by atomic mass is 32.2. The first-order chi connectivity index (χ1) is 6.31. The minimum atomic E-state index is 0.600. The van der Waals surface area contributed by atoms with E-state index in [-0.39, 0.29) is 0 Å². The summed E-state index contributed by atoms with van der Waals surface area (Å²) in [6, 6.07) is 2.87. The lowest BCUT2D eigenvalue weighted by Crippen LogP contribution is -2.25. The number of thiophene rings is 1. The van der Waals surface area contributed by atoms with Crippen molar-refractivity contribution in [1.29, 1.82) is 0 Å². The Kier molecular flexibility index (Phi) is 2.96. The van der Waals surface area contributed by atoms with Crippen LogP contribution in [0.1, 0.15) is 31.9 Å². The van der Waals surface area contributed by atoms with Gasteiger partial charge in [-0.25, -0.2) is 0 Å². The zero-order valence-corrected chi connectivity index (χ0v) is 9.67. The number of rotatable bonds is 2. The first-order valence-electron chi connectivity index (χ1n) is 4.78. The molecule has 1 aromatic rings. The van der Waals surface area contributed by atoms with Gasteiger partial charge in [-0.2, -0.15) is 0 Å².